The molecule has 0 N–H and O–H groups in total. The lowest BCUT2D eigenvalue weighted by atomic mass is 10.4. The van der Waals surface area contributed by atoms with Crippen molar-refractivity contribution in [3.05, 3.63) is 60.7 Å². The maximum Gasteiger partial charge on any atom is 0.407 e. The number of hydrogen-bond acceptors (Lipinski definition) is 2. The van der Waals surface area contributed by atoms with Gasteiger partial charge in [-0.1, -0.05) is 67.6 Å². The van der Waals surface area contributed by atoms with Crippen LogP contribution in [-0.4, -0.2) is 21.8 Å². The third-order valence-corrected chi connectivity index (χ3v) is 6.66. The summed E-state index contributed by atoms with van der Waals surface area (Å²) in [5.74, 6) is 0. The van der Waals surface area contributed by atoms with E-state index in [2.05, 4.69) is 31.2 Å². The molecule has 0 aliphatic carbocycles. The first kappa shape index (κ1) is 15.0. The van der Waals surface area contributed by atoms with E-state index in [1.54, 1.807) is 0 Å². The highest BCUT2D eigenvalue weighted by molar-refractivity contribution is 6.92. The molecule has 0 fully saturated rings. The number of benzene rings is 2. The van der Waals surface area contributed by atoms with E-state index in [4.69, 9.17) is 8.85 Å². The Labute approximate surface area is 122 Å². The van der Waals surface area contributed by atoms with Gasteiger partial charge < -0.3 is 8.85 Å². The van der Waals surface area contributed by atoms with Crippen LogP contribution in [0.25, 0.3) is 0 Å². The Hall–Kier alpha value is -1.42. The lowest BCUT2D eigenvalue weighted by molar-refractivity contribution is 0.199. The minimum absolute atomic E-state index is 0.653. The fourth-order valence-electron chi connectivity index (χ4n) is 2.31. The predicted octanol–water partition coefficient (Wildman–Crippen LogP) is 2.71. The molecule has 3 heteroatoms. The van der Waals surface area contributed by atoms with E-state index in [0.29, 0.717) is 6.61 Å². The van der Waals surface area contributed by atoms with Gasteiger partial charge in [-0.15, -0.1) is 0 Å². The van der Waals surface area contributed by atoms with Gasteiger partial charge in [0.15, 0.2) is 0 Å². The van der Waals surface area contributed by atoms with E-state index in [9.17, 15) is 0 Å². The van der Waals surface area contributed by atoms with Crippen molar-refractivity contribution in [1.82, 2.24) is 0 Å². The summed E-state index contributed by atoms with van der Waals surface area (Å²) in [5.41, 5.74) is 0. The van der Waals surface area contributed by atoms with Crippen LogP contribution in [0.5, 0.6) is 0 Å². The topological polar surface area (TPSA) is 18.5 Å². The van der Waals surface area contributed by atoms with E-state index >= 15 is 0 Å². The molecular formula is C17H22O2Si. The van der Waals surface area contributed by atoms with Crippen molar-refractivity contribution in [2.45, 2.75) is 20.3 Å². The van der Waals surface area contributed by atoms with Crippen molar-refractivity contribution in [2.24, 2.45) is 0 Å². The van der Waals surface area contributed by atoms with Gasteiger partial charge in [0, 0.05) is 13.2 Å². The minimum Gasteiger partial charge on any atom is -0.388 e. The van der Waals surface area contributed by atoms with Crippen LogP contribution in [-0.2, 0) is 8.85 Å². The van der Waals surface area contributed by atoms with Crippen LogP contribution in [0.15, 0.2) is 60.7 Å². The van der Waals surface area contributed by atoms with Crippen LogP contribution in [0.1, 0.15) is 20.3 Å². The lowest BCUT2D eigenvalue weighted by Crippen LogP contribution is -2.63. The Bertz CT molecular complexity index is 459. The molecule has 0 bridgehead atoms. The van der Waals surface area contributed by atoms with Gasteiger partial charge in [-0.05, 0) is 23.7 Å². The first-order valence-electron chi connectivity index (χ1n) is 7.22. The van der Waals surface area contributed by atoms with Gasteiger partial charge in [-0.2, -0.15) is 0 Å². The van der Waals surface area contributed by atoms with Crippen molar-refractivity contribution in [1.29, 1.82) is 0 Å². The second kappa shape index (κ2) is 7.38. The quantitative estimate of drug-likeness (QED) is 0.729. The van der Waals surface area contributed by atoms with Crippen molar-refractivity contribution in [3.63, 3.8) is 0 Å². The summed E-state index contributed by atoms with van der Waals surface area (Å²) in [4.78, 5) is 0. The maximum absolute atomic E-state index is 6.31. The molecule has 0 spiro atoms. The molecule has 2 aromatic rings. The highest BCUT2D eigenvalue weighted by Gasteiger charge is 2.42. The summed E-state index contributed by atoms with van der Waals surface area (Å²) in [6.45, 7) is 5.53. The van der Waals surface area contributed by atoms with Gasteiger partial charge in [0.05, 0.1) is 0 Å². The molecule has 2 rings (SSSR count). The minimum atomic E-state index is -2.57. The maximum atomic E-state index is 6.31. The number of hydrogen-bond donors (Lipinski definition) is 0. The van der Waals surface area contributed by atoms with Crippen molar-refractivity contribution >= 4 is 18.9 Å². The van der Waals surface area contributed by atoms with Gasteiger partial charge in [0.1, 0.15) is 0 Å². The third kappa shape index (κ3) is 3.18. The smallest absolute Gasteiger partial charge is 0.388 e. The van der Waals surface area contributed by atoms with Crippen molar-refractivity contribution in [2.75, 3.05) is 13.2 Å². The molecule has 106 valence electrons. The molecule has 2 nitrogen and oxygen atoms in total. The van der Waals surface area contributed by atoms with Gasteiger partial charge in [0.2, 0.25) is 0 Å². The van der Waals surface area contributed by atoms with Gasteiger partial charge in [-0.3, -0.25) is 0 Å². The van der Waals surface area contributed by atoms with Crippen molar-refractivity contribution in [3.8, 4) is 0 Å². The molecule has 0 aliphatic rings. The molecule has 0 amide bonds. The summed E-state index contributed by atoms with van der Waals surface area (Å²) in [5, 5.41) is 2.34. The van der Waals surface area contributed by atoms with Crippen LogP contribution in [0, 0.1) is 0 Å². The predicted molar refractivity (Wildman–Crippen MR) is 85.8 cm³/mol. The van der Waals surface area contributed by atoms with Gasteiger partial charge in [-0.25, -0.2) is 0 Å². The molecule has 0 saturated carbocycles. The van der Waals surface area contributed by atoms with Crippen LogP contribution in [0.3, 0.4) is 0 Å². The van der Waals surface area contributed by atoms with Crippen LogP contribution in [0.4, 0.5) is 0 Å². The summed E-state index contributed by atoms with van der Waals surface area (Å²) in [6.07, 6.45) is 0.988. The van der Waals surface area contributed by atoms with Crippen LogP contribution < -0.4 is 10.4 Å². The molecule has 0 aromatic heterocycles. The molecule has 0 heterocycles. The fraction of sp³-hybridized carbons (Fsp3) is 0.294. The Kier molecular flexibility index (Phi) is 5.53. The highest BCUT2D eigenvalue weighted by Crippen LogP contribution is 2.10. The standard InChI is InChI=1S/C17H22O2Si/c1-3-15-19-20(18-4-2,16-11-7-5-8-12-16)17-13-9-6-10-14-17/h5-14H,3-4,15H2,1-2H3. The van der Waals surface area contributed by atoms with Crippen LogP contribution >= 0.6 is 0 Å². The Morgan fingerprint density at radius 3 is 1.65 bits per heavy atom. The van der Waals surface area contributed by atoms with E-state index in [-0.39, 0.29) is 0 Å². The molecule has 0 aliphatic heterocycles. The van der Waals surface area contributed by atoms with Gasteiger partial charge in [0.25, 0.3) is 0 Å². The molecule has 20 heavy (non-hydrogen) atoms. The first-order chi connectivity index (χ1) is 9.83. The summed E-state index contributed by atoms with van der Waals surface area (Å²) in [7, 11) is -2.57. The third-order valence-electron chi connectivity index (χ3n) is 3.16. The highest BCUT2D eigenvalue weighted by atomic mass is 28.4. The normalized spacial score (nSPS) is 11.5. The van der Waals surface area contributed by atoms with Crippen molar-refractivity contribution < 1.29 is 8.85 Å². The monoisotopic (exact) mass is 286 g/mol. The zero-order valence-corrected chi connectivity index (χ0v) is 13.2. The summed E-state index contributed by atoms with van der Waals surface area (Å²) >= 11 is 0. The lowest BCUT2D eigenvalue weighted by Gasteiger charge is -2.31. The Balaban J connectivity index is 2.50. The Morgan fingerprint density at radius 2 is 1.25 bits per heavy atom. The first-order valence-corrected chi connectivity index (χ1v) is 9.04. The molecule has 0 unspecified atom stereocenters. The van der Waals surface area contributed by atoms with Crippen LogP contribution in [0.2, 0.25) is 0 Å². The summed E-state index contributed by atoms with van der Waals surface area (Å²) < 4.78 is 12.5. The second-order valence-corrected chi connectivity index (χ2v) is 7.60. The molecule has 0 atom stereocenters. The SMILES string of the molecule is CCCO[Si](OCC)(c1ccccc1)c1ccccc1. The zero-order chi connectivity index (χ0) is 14.3. The molecule has 0 saturated heterocycles. The van der Waals surface area contributed by atoms with E-state index in [0.717, 1.165) is 13.0 Å². The molecule has 0 radical (unpaired) electrons. The Morgan fingerprint density at radius 1 is 0.750 bits per heavy atom. The molecule has 2 aromatic carbocycles. The average molecular weight is 286 g/mol. The van der Waals surface area contributed by atoms with E-state index in [1.807, 2.05) is 43.3 Å². The van der Waals surface area contributed by atoms with E-state index < -0.39 is 8.56 Å². The zero-order valence-electron chi connectivity index (χ0n) is 12.2. The number of rotatable bonds is 7. The van der Waals surface area contributed by atoms with E-state index in [1.165, 1.54) is 10.4 Å². The largest absolute Gasteiger partial charge is 0.407 e. The second-order valence-electron chi connectivity index (χ2n) is 4.63. The van der Waals surface area contributed by atoms with Gasteiger partial charge >= 0.3 is 8.56 Å². The fourth-order valence-corrected chi connectivity index (χ4v) is 5.55. The average Bonchev–Trinajstić information content (AvgIpc) is 2.53. The summed E-state index contributed by atoms with van der Waals surface area (Å²) in [6, 6.07) is 20.7. The molecular weight excluding hydrogens is 264 g/mol.